The van der Waals surface area contributed by atoms with E-state index in [1.54, 1.807) is 0 Å². The highest BCUT2D eigenvalue weighted by Crippen LogP contribution is 2.31. The quantitative estimate of drug-likeness (QED) is 0.393. The molecule has 0 aliphatic rings. The molecule has 4 atom stereocenters. The van der Waals surface area contributed by atoms with Crippen molar-refractivity contribution in [3.63, 3.8) is 0 Å². The Labute approximate surface area is 155 Å². The van der Waals surface area contributed by atoms with Gasteiger partial charge in [-0.05, 0) is 29.6 Å². The van der Waals surface area contributed by atoms with Crippen molar-refractivity contribution < 1.29 is 9.53 Å². The third-order valence-corrected chi connectivity index (χ3v) is 10.2. The van der Waals surface area contributed by atoms with Gasteiger partial charge in [0.25, 0.3) is 0 Å². The highest BCUT2D eigenvalue weighted by atomic mass is 28.4. The molecule has 0 radical (unpaired) electrons. The summed E-state index contributed by atoms with van der Waals surface area (Å²) in [5, 5.41) is 10.7. The van der Waals surface area contributed by atoms with Crippen molar-refractivity contribution in [3.8, 4) is 0 Å². The van der Waals surface area contributed by atoms with Crippen molar-refractivity contribution >= 4 is 14.4 Å². The summed E-state index contributed by atoms with van der Waals surface area (Å²) in [6.45, 7) is 14.9. The number of benzene rings is 1. The second kappa shape index (κ2) is 10.7. The van der Waals surface area contributed by atoms with Crippen LogP contribution in [-0.4, -0.2) is 25.6 Å². The summed E-state index contributed by atoms with van der Waals surface area (Å²) < 4.78 is 6.75. The number of aliphatic hydroxyl groups excluding tert-OH is 1. The second-order valence-electron chi connectivity index (χ2n) is 7.04. The highest BCUT2D eigenvalue weighted by molar-refractivity contribution is 6.73. The zero-order chi connectivity index (χ0) is 18.9. The first-order valence-corrected chi connectivity index (χ1v) is 12.2. The van der Waals surface area contributed by atoms with E-state index < -0.39 is 14.4 Å². The van der Waals surface area contributed by atoms with Gasteiger partial charge in [-0.2, -0.15) is 0 Å². The van der Waals surface area contributed by atoms with Crippen molar-refractivity contribution in [2.45, 2.75) is 65.0 Å². The average Bonchev–Trinajstić information content (AvgIpc) is 2.67. The van der Waals surface area contributed by atoms with Crippen LogP contribution >= 0.6 is 0 Å². The summed E-state index contributed by atoms with van der Waals surface area (Å²) in [6, 6.07) is 13.4. The number of aliphatic hydroxyl groups is 1. The van der Waals surface area contributed by atoms with Gasteiger partial charge < -0.3 is 9.53 Å². The van der Waals surface area contributed by atoms with E-state index in [9.17, 15) is 5.11 Å². The van der Waals surface area contributed by atoms with E-state index in [1.165, 1.54) is 0 Å². The Hall–Kier alpha value is -1.16. The lowest BCUT2D eigenvalue weighted by molar-refractivity contribution is 0.0338. The van der Waals surface area contributed by atoms with Crippen molar-refractivity contribution in [3.05, 3.63) is 54.6 Å². The molecule has 0 aliphatic carbocycles. The third kappa shape index (κ3) is 6.25. The summed E-state index contributed by atoms with van der Waals surface area (Å²) in [4.78, 5) is 0. The first-order valence-electron chi connectivity index (χ1n) is 9.64. The van der Waals surface area contributed by atoms with E-state index in [-0.39, 0.29) is 17.9 Å². The Balaban J connectivity index is 2.93. The fourth-order valence-electron chi connectivity index (χ4n) is 3.26. The van der Waals surface area contributed by atoms with Gasteiger partial charge in [0.1, 0.15) is 0 Å². The van der Waals surface area contributed by atoms with Crippen LogP contribution in [-0.2, 0) is 4.43 Å². The summed E-state index contributed by atoms with van der Waals surface area (Å²) in [5.41, 5.74) is 1.10. The predicted octanol–water partition coefficient (Wildman–Crippen LogP) is 5.91. The van der Waals surface area contributed by atoms with Crippen LogP contribution in [0, 0.1) is 11.8 Å². The molecule has 0 heterocycles. The zero-order valence-corrected chi connectivity index (χ0v) is 17.6. The lowest BCUT2D eigenvalue weighted by Gasteiger charge is -2.39. The molecule has 1 aromatic rings. The Kier molecular flexibility index (Phi) is 9.40. The summed E-state index contributed by atoms with van der Waals surface area (Å²) in [6.07, 6.45) is 5.29. The number of rotatable bonds is 11. The van der Waals surface area contributed by atoms with Crippen LogP contribution in [0.1, 0.15) is 40.2 Å². The lowest BCUT2D eigenvalue weighted by atomic mass is 9.89. The molecule has 1 aromatic carbocycles. The Morgan fingerprint density at radius 3 is 2.12 bits per heavy atom. The topological polar surface area (TPSA) is 29.5 Å². The van der Waals surface area contributed by atoms with E-state index >= 15 is 0 Å². The normalized spacial score (nSPS) is 17.2. The molecule has 1 unspecified atom stereocenters. The van der Waals surface area contributed by atoms with Gasteiger partial charge in [0.15, 0.2) is 8.32 Å². The van der Waals surface area contributed by atoms with Crippen molar-refractivity contribution in [1.82, 2.24) is 0 Å². The van der Waals surface area contributed by atoms with Crippen LogP contribution in [0.5, 0.6) is 0 Å². The maximum Gasteiger partial charge on any atom is 0.192 e. The van der Waals surface area contributed by atoms with Crippen LogP contribution in [0.4, 0.5) is 0 Å². The highest BCUT2D eigenvalue weighted by Gasteiger charge is 2.37. The molecule has 2 nitrogen and oxygen atoms in total. The molecule has 0 spiro atoms. The molecule has 0 amide bonds. The van der Waals surface area contributed by atoms with Gasteiger partial charge in [-0.15, -0.1) is 6.58 Å². The predicted molar refractivity (Wildman–Crippen MR) is 112 cm³/mol. The van der Waals surface area contributed by atoms with Crippen LogP contribution in [0.25, 0.3) is 6.08 Å². The fourth-order valence-corrected chi connectivity index (χ4v) is 6.27. The van der Waals surface area contributed by atoms with E-state index in [4.69, 9.17) is 4.43 Å². The van der Waals surface area contributed by atoms with Crippen molar-refractivity contribution in [1.29, 1.82) is 0 Å². The third-order valence-electron chi connectivity index (χ3n) is 5.55. The van der Waals surface area contributed by atoms with E-state index in [0.717, 1.165) is 23.7 Å². The molecule has 0 aliphatic heterocycles. The molecule has 0 aromatic heterocycles. The molecule has 0 saturated carbocycles. The largest absolute Gasteiger partial charge is 0.413 e. The maximum absolute atomic E-state index is 10.7. The van der Waals surface area contributed by atoms with Gasteiger partial charge in [-0.25, -0.2) is 0 Å². The molecule has 0 saturated heterocycles. The second-order valence-corrected chi connectivity index (χ2v) is 11.8. The van der Waals surface area contributed by atoms with Crippen LogP contribution in [0.15, 0.2) is 49.1 Å². The summed E-state index contributed by atoms with van der Waals surface area (Å²) >= 11 is 0. The van der Waals surface area contributed by atoms with Crippen molar-refractivity contribution in [2.24, 2.45) is 11.8 Å². The molecule has 1 N–H and O–H groups in total. The molecule has 0 fully saturated rings. The van der Waals surface area contributed by atoms with Crippen LogP contribution in [0.2, 0.25) is 18.1 Å². The Bertz CT molecular complexity index is 514. The minimum Gasteiger partial charge on any atom is -0.413 e. The van der Waals surface area contributed by atoms with Gasteiger partial charge in [-0.3, -0.25) is 0 Å². The first-order chi connectivity index (χ1) is 11.9. The SMILES string of the molecule is C=C[C@H](C)C(O[Si](CC)(CC)CC)[C@H](C)[C@@H](O)/C=C/c1ccccc1. The molecule has 1 rings (SSSR count). The standard InChI is InChI=1S/C22H36O2Si/c1-7-18(5)22(24-25(8-2,9-3)10-4)19(6)21(23)17-16-20-14-12-11-13-15-20/h7,11-19,21-23H,1,8-10H2,2-6H3/b17-16+/t18-,19+,21-,22?/m0/s1. The molecular weight excluding hydrogens is 324 g/mol. The lowest BCUT2D eigenvalue weighted by Crippen LogP contribution is -2.46. The fraction of sp³-hybridized carbons (Fsp3) is 0.545. The number of hydrogen-bond acceptors (Lipinski definition) is 2. The van der Waals surface area contributed by atoms with Crippen LogP contribution in [0.3, 0.4) is 0 Å². The first kappa shape index (κ1) is 21.9. The zero-order valence-electron chi connectivity index (χ0n) is 16.6. The maximum atomic E-state index is 10.7. The molecule has 0 bridgehead atoms. The van der Waals surface area contributed by atoms with Gasteiger partial charge in [0.2, 0.25) is 0 Å². The average molecular weight is 361 g/mol. The minimum absolute atomic E-state index is 0.000518. The minimum atomic E-state index is -1.74. The Morgan fingerprint density at radius 2 is 1.64 bits per heavy atom. The van der Waals surface area contributed by atoms with Gasteiger partial charge in [0.05, 0.1) is 12.2 Å². The van der Waals surface area contributed by atoms with Crippen LogP contribution < -0.4 is 0 Å². The molecular formula is C22H36O2Si. The molecule has 3 heteroatoms. The Morgan fingerprint density at radius 1 is 1.08 bits per heavy atom. The monoisotopic (exact) mass is 360 g/mol. The van der Waals surface area contributed by atoms with Crippen molar-refractivity contribution in [2.75, 3.05) is 0 Å². The summed E-state index contributed by atoms with van der Waals surface area (Å²) in [5.74, 6) is 0.232. The molecule has 25 heavy (non-hydrogen) atoms. The number of hydrogen-bond donors (Lipinski definition) is 1. The summed E-state index contributed by atoms with van der Waals surface area (Å²) in [7, 11) is -1.74. The van der Waals surface area contributed by atoms with E-state index in [0.29, 0.717) is 0 Å². The molecule has 140 valence electrons. The smallest absolute Gasteiger partial charge is 0.192 e. The van der Waals surface area contributed by atoms with E-state index in [1.807, 2.05) is 48.6 Å². The van der Waals surface area contributed by atoms with Gasteiger partial charge in [0, 0.05) is 5.92 Å². The van der Waals surface area contributed by atoms with Gasteiger partial charge in [-0.1, -0.05) is 83.2 Å². The van der Waals surface area contributed by atoms with E-state index in [2.05, 4.69) is 41.2 Å². The van der Waals surface area contributed by atoms with Gasteiger partial charge >= 0.3 is 0 Å².